The first-order chi connectivity index (χ1) is 6.75. The second-order valence-corrected chi connectivity index (χ2v) is 3.02. The third-order valence-electron chi connectivity index (χ3n) is 2.04. The predicted molar refractivity (Wildman–Crippen MR) is 52.7 cm³/mol. The summed E-state index contributed by atoms with van der Waals surface area (Å²) in [6.07, 6.45) is 3.92. The van der Waals surface area contributed by atoms with Crippen molar-refractivity contribution in [1.82, 2.24) is 4.98 Å². The van der Waals surface area contributed by atoms with Crippen LogP contribution in [0.4, 0.5) is 0 Å². The molecule has 0 aromatic carbocycles. The zero-order chi connectivity index (χ0) is 10.4. The van der Waals surface area contributed by atoms with E-state index in [1.807, 2.05) is 6.07 Å². The Morgan fingerprint density at radius 3 is 3.00 bits per heavy atom. The van der Waals surface area contributed by atoms with Gasteiger partial charge in [0.05, 0.1) is 5.92 Å². The highest BCUT2D eigenvalue weighted by molar-refractivity contribution is 5.81. The fourth-order valence-electron chi connectivity index (χ4n) is 1.29. The van der Waals surface area contributed by atoms with Crippen LogP contribution in [0, 0.1) is 0 Å². The van der Waals surface area contributed by atoms with Gasteiger partial charge in [-0.25, -0.2) is 0 Å². The quantitative estimate of drug-likeness (QED) is 0.749. The van der Waals surface area contributed by atoms with E-state index in [4.69, 9.17) is 10.5 Å². The van der Waals surface area contributed by atoms with Crippen molar-refractivity contribution in [2.75, 3.05) is 13.7 Å². The van der Waals surface area contributed by atoms with Crippen LogP contribution in [-0.4, -0.2) is 24.6 Å². The van der Waals surface area contributed by atoms with Gasteiger partial charge in [-0.2, -0.15) is 0 Å². The molecule has 2 N–H and O–H groups in total. The summed E-state index contributed by atoms with van der Waals surface area (Å²) < 4.78 is 4.92. The second kappa shape index (κ2) is 5.34. The molecule has 4 heteroatoms. The number of pyridine rings is 1. The largest absolute Gasteiger partial charge is 0.385 e. The Bertz CT molecular complexity index is 287. The molecule has 1 heterocycles. The fourth-order valence-corrected chi connectivity index (χ4v) is 1.29. The van der Waals surface area contributed by atoms with Crippen LogP contribution >= 0.6 is 0 Å². The lowest BCUT2D eigenvalue weighted by atomic mass is 9.97. The number of hydrogen-bond acceptors (Lipinski definition) is 3. The van der Waals surface area contributed by atoms with Gasteiger partial charge in [-0.1, -0.05) is 6.07 Å². The molecule has 1 aromatic heterocycles. The Morgan fingerprint density at radius 2 is 2.50 bits per heavy atom. The van der Waals surface area contributed by atoms with Crippen molar-refractivity contribution in [2.24, 2.45) is 5.73 Å². The van der Waals surface area contributed by atoms with E-state index in [0.717, 1.165) is 5.56 Å². The Balaban J connectivity index is 2.73. The first-order valence-electron chi connectivity index (χ1n) is 4.44. The number of nitrogens with two attached hydrogens (primary N) is 1. The zero-order valence-corrected chi connectivity index (χ0v) is 8.14. The molecule has 4 nitrogen and oxygen atoms in total. The molecule has 1 unspecified atom stereocenters. The highest BCUT2D eigenvalue weighted by atomic mass is 16.5. The monoisotopic (exact) mass is 194 g/mol. The smallest absolute Gasteiger partial charge is 0.225 e. The van der Waals surface area contributed by atoms with E-state index >= 15 is 0 Å². The minimum absolute atomic E-state index is 0.302. The van der Waals surface area contributed by atoms with Crippen molar-refractivity contribution >= 4 is 5.91 Å². The number of nitrogens with zero attached hydrogens (tertiary/aromatic N) is 1. The van der Waals surface area contributed by atoms with Gasteiger partial charge in [0.15, 0.2) is 0 Å². The number of aromatic nitrogens is 1. The van der Waals surface area contributed by atoms with Crippen LogP contribution in [0.5, 0.6) is 0 Å². The third-order valence-corrected chi connectivity index (χ3v) is 2.04. The fraction of sp³-hybridized carbons (Fsp3) is 0.400. The van der Waals surface area contributed by atoms with E-state index in [1.165, 1.54) is 0 Å². The average molecular weight is 194 g/mol. The van der Waals surface area contributed by atoms with Gasteiger partial charge in [0.1, 0.15) is 0 Å². The Hall–Kier alpha value is -1.42. The predicted octanol–water partition coefficient (Wildman–Crippen LogP) is 0.687. The third kappa shape index (κ3) is 2.81. The summed E-state index contributed by atoms with van der Waals surface area (Å²) in [6, 6.07) is 3.64. The molecular formula is C10H14N2O2. The van der Waals surface area contributed by atoms with Gasteiger partial charge in [0, 0.05) is 26.1 Å². The molecule has 0 bridgehead atoms. The normalized spacial score (nSPS) is 12.4. The van der Waals surface area contributed by atoms with E-state index < -0.39 is 0 Å². The first kappa shape index (κ1) is 10.7. The molecule has 0 fully saturated rings. The molecule has 1 atom stereocenters. The highest BCUT2D eigenvalue weighted by Gasteiger charge is 2.17. The van der Waals surface area contributed by atoms with Crippen molar-refractivity contribution in [3.05, 3.63) is 30.1 Å². The van der Waals surface area contributed by atoms with Gasteiger partial charge in [0.25, 0.3) is 0 Å². The van der Waals surface area contributed by atoms with Crippen LogP contribution in [-0.2, 0) is 9.53 Å². The molecule has 0 aliphatic heterocycles. The number of ether oxygens (including phenoxy) is 1. The molecule has 0 radical (unpaired) electrons. The zero-order valence-electron chi connectivity index (χ0n) is 8.14. The van der Waals surface area contributed by atoms with Crippen LogP contribution in [0.15, 0.2) is 24.5 Å². The van der Waals surface area contributed by atoms with Crippen molar-refractivity contribution < 1.29 is 9.53 Å². The van der Waals surface area contributed by atoms with E-state index in [0.29, 0.717) is 13.0 Å². The van der Waals surface area contributed by atoms with E-state index in [9.17, 15) is 4.79 Å². The van der Waals surface area contributed by atoms with Gasteiger partial charge in [-0.15, -0.1) is 0 Å². The summed E-state index contributed by atoms with van der Waals surface area (Å²) in [7, 11) is 1.60. The second-order valence-electron chi connectivity index (χ2n) is 3.02. The van der Waals surface area contributed by atoms with Crippen molar-refractivity contribution in [3.63, 3.8) is 0 Å². The van der Waals surface area contributed by atoms with Gasteiger partial charge < -0.3 is 10.5 Å². The minimum Gasteiger partial charge on any atom is -0.385 e. The van der Waals surface area contributed by atoms with E-state index in [1.54, 1.807) is 25.6 Å². The number of primary amides is 1. The van der Waals surface area contributed by atoms with Gasteiger partial charge in [-0.05, 0) is 18.1 Å². The molecule has 1 aromatic rings. The summed E-state index contributed by atoms with van der Waals surface area (Å²) in [5.74, 6) is -0.640. The van der Waals surface area contributed by atoms with Crippen molar-refractivity contribution in [3.8, 4) is 0 Å². The minimum atomic E-state index is -0.338. The van der Waals surface area contributed by atoms with Gasteiger partial charge in [0.2, 0.25) is 5.91 Å². The highest BCUT2D eigenvalue weighted by Crippen LogP contribution is 2.17. The lowest BCUT2D eigenvalue weighted by Crippen LogP contribution is -2.22. The number of methoxy groups -OCH3 is 1. The summed E-state index contributed by atoms with van der Waals surface area (Å²) in [4.78, 5) is 15.1. The number of rotatable bonds is 5. The standard InChI is InChI=1S/C10H14N2O2/c1-14-6-4-9(10(11)13)8-3-2-5-12-7-8/h2-3,5,7,9H,4,6H2,1H3,(H2,11,13). The molecular weight excluding hydrogens is 180 g/mol. The SMILES string of the molecule is COCCC(C(N)=O)c1cccnc1. The summed E-state index contributed by atoms with van der Waals surface area (Å²) >= 11 is 0. The van der Waals surface area contributed by atoms with Crippen molar-refractivity contribution in [1.29, 1.82) is 0 Å². The summed E-state index contributed by atoms with van der Waals surface area (Å²) in [6.45, 7) is 0.516. The number of carbonyl (C=O) groups excluding carboxylic acids is 1. The Kier molecular flexibility index (Phi) is 4.07. The van der Waals surface area contributed by atoms with E-state index in [2.05, 4.69) is 4.98 Å². The maximum Gasteiger partial charge on any atom is 0.225 e. The molecule has 76 valence electrons. The number of hydrogen-bond donors (Lipinski definition) is 1. The number of carbonyl (C=O) groups is 1. The average Bonchev–Trinajstić information content (AvgIpc) is 2.19. The maximum atomic E-state index is 11.1. The first-order valence-corrected chi connectivity index (χ1v) is 4.44. The topological polar surface area (TPSA) is 65.2 Å². The lowest BCUT2D eigenvalue weighted by molar-refractivity contribution is -0.119. The Labute approximate surface area is 83.1 Å². The van der Waals surface area contributed by atoms with Gasteiger partial charge in [-0.3, -0.25) is 9.78 Å². The van der Waals surface area contributed by atoms with Crippen LogP contribution in [0.3, 0.4) is 0 Å². The van der Waals surface area contributed by atoms with Crippen molar-refractivity contribution in [2.45, 2.75) is 12.3 Å². The molecule has 0 spiro atoms. The molecule has 1 amide bonds. The lowest BCUT2D eigenvalue weighted by Gasteiger charge is -2.12. The van der Waals surface area contributed by atoms with Gasteiger partial charge >= 0.3 is 0 Å². The molecule has 0 aliphatic carbocycles. The molecule has 0 saturated heterocycles. The molecule has 0 aliphatic rings. The maximum absolute atomic E-state index is 11.1. The van der Waals surface area contributed by atoms with E-state index in [-0.39, 0.29) is 11.8 Å². The van der Waals surface area contributed by atoms with Crippen LogP contribution in [0.1, 0.15) is 17.9 Å². The van der Waals surface area contributed by atoms with Crippen LogP contribution < -0.4 is 5.73 Å². The summed E-state index contributed by atoms with van der Waals surface area (Å²) in [5, 5.41) is 0. The molecule has 1 rings (SSSR count). The Morgan fingerprint density at radius 1 is 1.71 bits per heavy atom. The van der Waals surface area contributed by atoms with Crippen LogP contribution in [0.2, 0.25) is 0 Å². The summed E-state index contributed by atoms with van der Waals surface area (Å²) in [5.41, 5.74) is 6.13. The van der Waals surface area contributed by atoms with Crippen LogP contribution in [0.25, 0.3) is 0 Å². The molecule has 14 heavy (non-hydrogen) atoms. The molecule has 0 saturated carbocycles. The number of amides is 1.